The summed E-state index contributed by atoms with van der Waals surface area (Å²) in [5, 5.41) is 0. The number of aromatic nitrogens is 4. The molecule has 0 saturated heterocycles. The third-order valence-corrected chi connectivity index (χ3v) is 3.77. The van der Waals surface area contributed by atoms with Gasteiger partial charge in [-0.25, -0.2) is 35.8 Å². The summed E-state index contributed by atoms with van der Waals surface area (Å²) in [7, 11) is 3.45. The molecule has 0 amide bonds. The van der Waals surface area contributed by atoms with Gasteiger partial charge in [-0.15, -0.1) is 0 Å². The van der Waals surface area contributed by atoms with Crippen LogP contribution in [0.5, 0.6) is 0 Å². The Labute approximate surface area is 168 Å². The maximum absolute atomic E-state index is 14.3. The molecule has 0 unspecified atom stereocenters. The summed E-state index contributed by atoms with van der Waals surface area (Å²) in [5.74, 6) is -5.46. The number of nitrogens with zero attached hydrogens (tertiary/aromatic N) is 4. The topological polar surface area (TPSA) is 17.6 Å². The van der Waals surface area contributed by atoms with Crippen LogP contribution in [0, 0.1) is 23.3 Å². The highest BCUT2D eigenvalue weighted by Gasteiger charge is 2.27. The van der Waals surface area contributed by atoms with Crippen LogP contribution in [0.2, 0.25) is 0 Å². The molecule has 0 aliphatic carbocycles. The maximum atomic E-state index is 14.3. The number of halogens is 6. The number of benzene rings is 1. The standard InChI is InChI=1S/C16H16F4N4.2BrH/c1-21-3-5-23(9-21)7-11-13(17)15(19)12(16(20)14(11)18)8-24-6-4-22(2)10-24;;/h3-6,9-10H,7-8H2,1-2H3;2*1H/q+2;;/p-2. The lowest BCUT2D eigenvalue weighted by molar-refractivity contribution is -0.671. The predicted octanol–water partition coefficient (Wildman–Crippen LogP) is -4.40. The second-order valence-electron chi connectivity index (χ2n) is 5.72. The van der Waals surface area contributed by atoms with E-state index in [1.807, 2.05) is 0 Å². The smallest absolute Gasteiger partial charge is 0.243 e. The Kier molecular flexibility index (Phi) is 7.57. The summed E-state index contributed by atoms with van der Waals surface area (Å²) >= 11 is 0. The van der Waals surface area contributed by atoms with E-state index in [2.05, 4.69) is 0 Å². The summed E-state index contributed by atoms with van der Waals surface area (Å²) in [6.07, 6.45) is 9.54. The highest BCUT2D eigenvalue weighted by molar-refractivity contribution is 5.30. The number of hydrogen-bond donors (Lipinski definition) is 0. The SMILES string of the molecule is C[n+]1ccn(Cc2c(F)c(F)c(Cn3cc[n+](C)c3)c(F)c2F)c1.[Br-].[Br-]. The molecule has 0 spiro atoms. The predicted molar refractivity (Wildman–Crippen MR) is 75.7 cm³/mol. The zero-order valence-electron chi connectivity index (χ0n) is 13.9. The second-order valence-corrected chi connectivity index (χ2v) is 5.72. The summed E-state index contributed by atoms with van der Waals surface area (Å²) in [4.78, 5) is 0. The van der Waals surface area contributed by atoms with Crippen molar-refractivity contribution in [2.45, 2.75) is 13.1 Å². The van der Waals surface area contributed by atoms with E-state index in [0.29, 0.717) is 0 Å². The van der Waals surface area contributed by atoms with Crippen LogP contribution in [0.25, 0.3) is 0 Å². The Morgan fingerprint density at radius 1 is 0.692 bits per heavy atom. The highest BCUT2D eigenvalue weighted by Crippen LogP contribution is 2.25. The molecule has 0 aliphatic rings. The van der Waals surface area contributed by atoms with Crippen LogP contribution in [0.15, 0.2) is 37.4 Å². The molecule has 4 nitrogen and oxygen atoms in total. The van der Waals surface area contributed by atoms with E-state index in [-0.39, 0.29) is 47.1 Å². The van der Waals surface area contributed by atoms with Crippen LogP contribution < -0.4 is 43.1 Å². The molecule has 0 bridgehead atoms. The van der Waals surface area contributed by atoms with Gasteiger partial charge in [-0.1, -0.05) is 0 Å². The van der Waals surface area contributed by atoms with Gasteiger partial charge in [0.1, 0.15) is 37.9 Å². The molecule has 0 atom stereocenters. The largest absolute Gasteiger partial charge is 1.00 e. The Morgan fingerprint density at radius 3 is 1.23 bits per heavy atom. The van der Waals surface area contributed by atoms with Gasteiger partial charge in [0.2, 0.25) is 12.7 Å². The third-order valence-electron chi connectivity index (χ3n) is 3.77. The average Bonchev–Trinajstić information content (AvgIpc) is 3.14. The monoisotopic (exact) mass is 498 g/mol. The van der Waals surface area contributed by atoms with Crippen molar-refractivity contribution in [2.24, 2.45) is 14.1 Å². The quantitative estimate of drug-likeness (QED) is 0.196. The lowest BCUT2D eigenvalue weighted by atomic mass is 10.1. The Bertz CT molecular complexity index is 806. The molecule has 3 rings (SSSR count). The molecule has 2 aromatic heterocycles. The van der Waals surface area contributed by atoms with Crippen LogP contribution in [0.1, 0.15) is 11.1 Å². The van der Waals surface area contributed by atoms with Crippen LogP contribution >= 0.6 is 0 Å². The number of aryl methyl sites for hydroxylation is 2. The van der Waals surface area contributed by atoms with Gasteiger partial charge in [0, 0.05) is 0 Å². The van der Waals surface area contributed by atoms with Gasteiger partial charge in [-0.05, 0) is 0 Å². The summed E-state index contributed by atoms with van der Waals surface area (Å²) in [6, 6.07) is 0. The van der Waals surface area contributed by atoms with Crippen molar-refractivity contribution in [2.75, 3.05) is 0 Å². The van der Waals surface area contributed by atoms with E-state index in [0.717, 1.165) is 0 Å². The molecule has 142 valence electrons. The fraction of sp³-hybridized carbons (Fsp3) is 0.250. The summed E-state index contributed by atoms with van der Waals surface area (Å²) < 4.78 is 63.3. The van der Waals surface area contributed by atoms with Gasteiger partial charge < -0.3 is 34.0 Å². The molecular weight excluding hydrogens is 484 g/mol. The molecule has 1 aromatic carbocycles. The molecule has 0 saturated carbocycles. The van der Waals surface area contributed by atoms with E-state index >= 15 is 0 Å². The normalized spacial score (nSPS) is 10.4. The molecule has 10 heteroatoms. The van der Waals surface area contributed by atoms with Crippen LogP contribution in [-0.2, 0) is 27.2 Å². The van der Waals surface area contributed by atoms with Crippen molar-refractivity contribution in [3.8, 4) is 0 Å². The molecule has 3 aromatic rings. The minimum Gasteiger partial charge on any atom is -1.00 e. The van der Waals surface area contributed by atoms with Crippen molar-refractivity contribution in [3.05, 3.63) is 71.8 Å². The minimum absolute atomic E-state index is 0. The first-order valence-corrected chi connectivity index (χ1v) is 7.22. The lowest BCUT2D eigenvalue weighted by Gasteiger charge is -2.10. The van der Waals surface area contributed by atoms with Crippen LogP contribution in [-0.4, -0.2) is 9.13 Å². The van der Waals surface area contributed by atoms with Gasteiger partial charge in [0.25, 0.3) is 0 Å². The van der Waals surface area contributed by atoms with Gasteiger partial charge in [0.15, 0.2) is 23.3 Å². The Balaban J connectivity index is 0.00000169. The van der Waals surface area contributed by atoms with E-state index in [9.17, 15) is 17.6 Å². The zero-order chi connectivity index (χ0) is 17.4. The van der Waals surface area contributed by atoms with Crippen molar-refractivity contribution in [3.63, 3.8) is 0 Å². The summed E-state index contributed by atoms with van der Waals surface area (Å²) in [5.41, 5.74) is -1.27. The first kappa shape index (κ1) is 22.4. The molecule has 2 heterocycles. The van der Waals surface area contributed by atoms with Crippen LogP contribution in [0.3, 0.4) is 0 Å². The first-order chi connectivity index (χ1) is 11.4. The number of rotatable bonds is 4. The van der Waals surface area contributed by atoms with Crippen molar-refractivity contribution in [1.82, 2.24) is 9.13 Å². The van der Waals surface area contributed by atoms with Crippen molar-refractivity contribution >= 4 is 0 Å². The number of hydrogen-bond acceptors (Lipinski definition) is 0. The van der Waals surface area contributed by atoms with E-state index in [1.165, 1.54) is 9.13 Å². The summed E-state index contributed by atoms with van der Waals surface area (Å²) in [6.45, 7) is -0.601. The number of imidazole rings is 2. The van der Waals surface area contributed by atoms with Gasteiger partial charge in [0.05, 0.1) is 25.2 Å². The second kappa shape index (κ2) is 8.81. The molecule has 0 fully saturated rings. The third kappa shape index (κ3) is 4.35. The van der Waals surface area contributed by atoms with Crippen molar-refractivity contribution < 1.29 is 60.7 Å². The highest BCUT2D eigenvalue weighted by atomic mass is 79.9. The van der Waals surface area contributed by atoms with Crippen LogP contribution in [0.4, 0.5) is 17.6 Å². The maximum Gasteiger partial charge on any atom is 0.243 e. The van der Waals surface area contributed by atoms with E-state index in [4.69, 9.17) is 0 Å². The lowest BCUT2D eigenvalue weighted by Crippen LogP contribution is -3.00. The fourth-order valence-corrected chi connectivity index (χ4v) is 2.56. The van der Waals surface area contributed by atoms with E-state index in [1.54, 1.807) is 60.7 Å². The molecule has 0 N–H and O–H groups in total. The molecule has 0 aliphatic heterocycles. The minimum atomic E-state index is -1.36. The molecule has 0 radical (unpaired) electrons. The Hall–Kier alpha value is -1.68. The fourth-order valence-electron chi connectivity index (χ4n) is 2.56. The van der Waals surface area contributed by atoms with Gasteiger partial charge >= 0.3 is 0 Å². The first-order valence-electron chi connectivity index (χ1n) is 7.22. The Morgan fingerprint density at radius 2 is 1.00 bits per heavy atom. The average molecular weight is 500 g/mol. The molecular formula is C16H16Br2F4N4. The van der Waals surface area contributed by atoms with Gasteiger partial charge in [-0.2, -0.15) is 0 Å². The molecule has 26 heavy (non-hydrogen) atoms. The van der Waals surface area contributed by atoms with Crippen molar-refractivity contribution in [1.29, 1.82) is 0 Å². The zero-order valence-corrected chi connectivity index (χ0v) is 17.1. The van der Waals surface area contributed by atoms with E-state index < -0.39 is 34.4 Å². The van der Waals surface area contributed by atoms with Gasteiger partial charge in [-0.3, -0.25) is 0 Å².